The summed E-state index contributed by atoms with van der Waals surface area (Å²) in [5, 5.41) is -0.0360. The first-order valence-corrected chi connectivity index (χ1v) is 5.28. The van der Waals surface area contributed by atoms with E-state index in [2.05, 4.69) is 4.98 Å². The van der Waals surface area contributed by atoms with Gasteiger partial charge in [0.25, 0.3) is 0 Å². The third-order valence-corrected chi connectivity index (χ3v) is 2.79. The Morgan fingerprint density at radius 2 is 2.07 bits per heavy atom. The highest BCUT2D eigenvalue weighted by atomic mass is 35.5. The van der Waals surface area contributed by atoms with E-state index in [0.717, 1.165) is 17.7 Å². The Morgan fingerprint density at radius 1 is 1.33 bits per heavy atom. The molecular weight excluding hydrogens is 210 g/mol. The van der Waals surface area contributed by atoms with Gasteiger partial charge in [-0.3, -0.25) is 4.98 Å². The maximum atomic E-state index is 6.31. The Hall–Kier alpha value is -1.28. The zero-order valence-corrected chi connectivity index (χ0v) is 9.24. The minimum atomic E-state index is -0.0360. The van der Waals surface area contributed by atoms with Crippen LogP contribution in [0.4, 0.5) is 0 Å². The van der Waals surface area contributed by atoms with Crippen LogP contribution in [0.5, 0.6) is 0 Å². The van der Waals surface area contributed by atoms with Crippen LogP contribution in [0, 0.1) is 6.92 Å². The van der Waals surface area contributed by atoms with Crippen LogP contribution in [-0.4, -0.2) is 4.98 Å². The van der Waals surface area contributed by atoms with Crippen LogP contribution in [0.2, 0.25) is 0 Å². The van der Waals surface area contributed by atoms with Crippen LogP contribution in [-0.2, 0) is 6.42 Å². The average molecular weight is 222 g/mol. The summed E-state index contributed by atoms with van der Waals surface area (Å²) in [5.41, 5.74) is 2.25. The molecule has 15 heavy (non-hydrogen) atoms. The Labute approximate surface area is 93.9 Å². The zero-order valence-electron chi connectivity index (χ0n) is 8.48. The van der Waals surface area contributed by atoms with Crippen molar-refractivity contribution in [2.45, 2.75) is 18.7 Å². The number of alkyl halides is 1. The molecule has 2 aromatic rings. The molecule has 0 N–H and O–H groups in total. The van der Waals surface area contributed by atoms with E-state index in [1.54, 1.807) is 18.7 Å². The highest BCUT2D eigenvalue weighted by Gasteiger charge is 2.13. The SMILES string of the molecule is Cc1occc1C(Cl)Cc1ccncc1. The number of rotatable bonds is 3. The van der Waals surface area contributed by atoms with Gasteiger partial charge in [-0.15, -0.1) is 11.6 Å². The number of pyridine rings is 1. The van der Waals surface area contributed by atoms with Gasteiger partial charge in [0.1, 0.15) is 5.76 Å². The van der Waals surface area contributed by atoms with E-state index >= 15 is 0 Å². The molecule has 0 bridgehead atoms. The van der Waals surface area contributed by atoms with E-state index in [-0.39, 0.29) is 5.38 Å². The van der Waals surface area contributed by atoms with Gasteiger partial charge in [-0.05, 0) is 37.1 Å². The molecule has 2 rings (SSSR count). The molecule has 1 atom stereocenters. The molecule has 0 aliphatic carbocycles. The summed E-state index contributed by atoms with van der Waals surface area (Å²) < 4.78 is 5.23. The van der Waals surface area contributed by atoms with Gasteiger partial charge in [-0.25, -0.2) is 0 Å². The zero-order chi connectivity index (χ0) is 10.7. The summed E-state index contributed by atoms with van der Waals surface area (Å²) in [4.78, 5) is 3.97. The summed E-state index contributed by atoms with van der Waals surface area (Å²) in [6.45, 7) is 1.93. The highest BCUT2D eigenvalue weighted by molar-refractivity contribution is 6.21. The number of nitrogens with zero attached hydrogens (tertiary/aromatic N) is 1. The Balaban J connectivity index is 2.11. The smallest absolute Gasteiger partial charge is 0.105 e. The second-order valence-corrected chi connectivity index (χ2v) is 3.99. The highest BCUT2D eigenvalue weighted by Crippen LogP contribution is 2.27. The lowest BCUT2D eigenvalue weighted by atomic mass is 10.1. The van der Waals surface area contributed by atoms with E-state index in [4.69, 9.17) is 16.0 Å². The Morgan fingerprint density at radius 3 is 2.67 bits per heavy atom. The van der Waals surface area contributed by atoms with E-state index in [1.807, 2.05) is 25.1 Å². The maximum absolute atomic E-state index is 6.31. The van der Waals surface area contributed by atoms with Gasteiger partial charge in [0.05, 0.1) is 11.6 Å². The van der Waals surface area contributed by atoms with Gasteiger partial charge < -0.3 is 4.42 Å². The molecule has 0 radical (unpaired) electrons. The number of halogens is 1. The molecule has 0 aliphatic rings. The van der Waals surface area contributed by atoms with Gasteiger partial charge in [0.2, 0.25) is 0 Å². The normalized spacial score (nSPS) is 12.7. The fourth-order valence-corrected chi connectivity index (χ4v) is 1.96. The molecule has 78 valence electrons. The Kier molecular flexibility index (Phi) is 3.07. The van der Waals surface area contributed by atoms with Crippen molar-refractivity contribution in [1.82, 2.24) is 4.98 Å². The van der Waals surface area contributed by atoms with Crippen molar-refractivity contribution in [2.75, 3.05) is 0 Å². The molecule has 2 nitrogen and oxygen atoms in total. The molecule has 1 unspecified atom stereocenters. The fraction of sp³-hybridized carbons (Fsp3) is 0.250. The van der Waals surface area contributed by atoms with Gasteiger partial charge >= 0.3 is 0 Å². The number of hydrogen-bond donors (Lipinski definition) is 0. The lowest BCUT2D eigenvalue weighted by Crippen LogP contribution is -1.96. The van der Waals surface area contributed by atoms with Crippen molar-refractivity contribution in [3.05, 3.63) is 53.7 Å². The molecule has 0 saturated heterocycles. The van der Waals surface area contributed by atoms with Crippen molar-refractivity contribution in [1.29, 1.82) is 0 Å². The van der Waals surface area contributed by atoms with Crippen molar-refractivity contribution in [3.63, 3.8) is 0 Å². The third kappa shape index (κ3) is 2.39. The standard InChI is InChI=1S/C12H12ClNO/c1-9-11(4-7-15-9)12(13)8-10-2-5-14-6-3-10/h2-7,12H,8H2,1H3. The second-order valence-electron chi connectivity index (χ2n) is 3.46. The minimum absolute atomic E-state index is 0.0360. The molecular formula is C12H12ClNO. The molecule has 3 heteroatoms. The molecule has 0 amide bonds. The van der Waals surface area contributed by atoms with Gasteiger partial charge in [0.15, 0.2) is 0 Å². The van der Waals surface area contributed by atoms with Crippen LogP contribution in [0.25, 0.3) is 0 Å². The third-order valence-electron chi connectivity index (χ3n) is 2.40. The van der Waals surface area contributed by atoms with Crippen molar-refractivity contribution in [3.8, 4) is 0 Å². The van der Waals surface area contributed by atoms with E-state index in [1.165, 1.54) is 5.56 Å². The molecule has 0 fully saturated rings. The van der Waals surface area contributed by atoms with Crippen LogP contribution >= 0.6 is 11.6 Å². The summed E-state index contributed by atoms with van der Waals surface area (Å²) in [6, 6.07) is 5.88. The first-order chi connectivity index (χ1) is 7.27. The molecule has 0 aromatic carbocycles. The topological polar surface area (TPSA) is 26.0 Å². The monoisotopic (exact) mass is 221 g/mol. The lowest BCUT2D eigenvalue weighted by molar-refractivity contribution is 0.529. The summed E-state index contributed by atoms with van der Waals surface area (Å²) in [6.07, 6.45) is 6.03. The predicted octanol–water partition coefficient (Wildman–Crippen LogP) is 3.51. The predicted molar refractivity (Wildman–Crippen MR) is 60.0 cm³/mol. The average Bonchev–Trinajstić information content (AvgIpc) is 2.66. The fourth-order valence-electron chi connectivity index (χ4n) is 1.56. The molecule has 2 aromatic heterocycles. The van der Waals surface area contributed by atoms with Crippen molar-refractivity contribution < 1.29 is 4.42 Å². The maximum Gasteiger partial charge on any atom is 0.105 e. The molecule has 2 heterocycles. The number of hydrogen-bond acceptors (Lipinski definition) is 2. The molecule has 0 spiro atoms. The van der Waals surface area contributed by atoms with E-state index in [9.17, 15) is 0 Å². The summed E-state index contributed by atoms with van der Waals surface area (Å²) in [5.74, 6) is 0.893. The first kappa shape index (κ1) is 10.2. The van der Waals surface area contributed by atoms with E-state index < -0.39 is 0 Å². The minimum Gasteiger partial charge on any atom is -0.469 e. The van der Waals surface area contributed by atoms with Crippen molar-refractivity contribution >= 4 is 11.6 Å². The Bertz CT molecular complexity index is 424. The summed E-state index contributed by atoms with van der Waals surface area (Å²) in [7, 11) is 0. The van der Waals surface area contributed by atoms with E-state index in [0.29, 0.717) is 0 Å². The quantitative estimate of drug-likeness (QED) is 0.742. The molecule has 0 aliphatic heterocycles. The van der Waals surface area contributed by atoms with Gasteiger partial charge in [-0.1, -0.05) is 0 Å². The van der Waals surface area contributed by atoms with Crippen molar-refractivity contribution in [2.24, 2.45) is 0 Å². The first-order valence-electron chi connectivity index (χ1n) is 4.84. The van der Waals surface area contributed by atoms with Crippen LogP contribution in [0.3, 0.4) is 0 Å². The number of aromatic nitrogens is 1. The second kappa shape index (κ2) is 4.49. The number of aryl methyl sites for hydroxylation is 1. The van der Waals surface area contributed by atoms with Crippen LogP contribution in [0.15, 0.2) is 41.3 Å². The molecule has 0 saturated carbocycles. The largest absolute Gasteiger partial charge is 0.469 e. The van der Waals surface area contributed by atoms with Crippen LogP contribution in [0.1, 0.15) is 22.3 Å². The van der Waals surface area contributed by atoms with Gasteiger partial charge in [0, 0.05) is 18.0 Å². The lowest BCUT2D eigenvalue weighted by Gasteiger charge is -2.07. The van der Waals surface area contributed by atoms with Gasteiger partial charge in [-0.2, -0.15) is 0 Å². The van der Waals surface area contributed by atoms with Crippen LogP contribution < -0.4 is 0 Å². The summed E-state index contributed by atoms with van der Waals surface area (Å²) >= 11 is 6.31. The number of furan rings is 1.